The summed E-state index contributed by atoms with van der Waals surface area (Å²) in [6.45, 7) is 6.72. The first-order valence-electron chi connectivity index (χ1n) is 6.54. The number of hydrogen-bond donors (Lipinski definition) is 3. The molecule has 18 heavy (non-hydrogen) atoms. The van der Waals surface area contributed by atoms with Crippen LogP contribution in [0.5, 0.6) is 0 Å². The van der Waals surface area contributed by atoms with E-state index in [4.69, 9.17) is 5.11 Å². The van der Waals surface area contributed by atoms with Gasteiger partial charge in [0.15, 0.2) is 0 Å². The van der Waals surface area contributed by atoms with Crippen molar-refractivity contribution >= 4 is 11.8 Å². The van der Waals surface area contributed by atoms with Crippen LogP contribution in [0.4, 0.5) is 0 Å². The molecule has 0 rings (SSSR count). The van der Waals surface area contributed by atoms with Crippen molar-refractivity contribution in [3.8, 4) is 0 Å². The fourth-order valence-corrected chi connectivity index (χ4v) is 1.28. The molecule has 2 amide bonds. The minimum Gasteiger partial charge on any atom is -0.396 e. The second kappa shape index (κ2) is 8.91. The van der Waals surface area contributed by atoms with E-state index in [0.29, 0.717) is 19.5 Å². The van der Waals surface area contributed by atoms with Crippen LogP contribution in [0.15, 0.2) is 0 Å². The molecule has 0 atom stereocenters. The molecule has 0 spiro atoms. The maximum atomic E-state index is 11.5. The standard InChI is InChI=1S/C13H26N2O3/c1-13(2,3)12(18)15-9-7-11(17)14-8-5-4-6-10-16/h16H,4-10H2,1-3H3,(H,14,17)(H,15,18). The first-order valence-corrected chi connectivity index (χ1v) is 6.54. The number of nitrogens with one attached hydrogen (secondary N) is 2. The van der Waals surface area contributed by atoms with Crippen molar-refractivity contribution in [2.24, 2.45) is 5.41 Å². The van der Waals surface area contributed by atoms with Crippen LogP contribution < -0.4 is 10.6 Å². The monoisotopic (exact) mass is 258 g/mol. The van der Waals surface area contributed by atoms with Gasteiger partial charge in [-0.05, 0) is 19.3 Å². The third kappa shape index (κ3) is 8.98. The van der Waals surface area contributed by atoms with Crippen LogP contribution in [0.25, 0.3) is 0 Å². The Kier molecular flexibility index (Phi) is 8.37. The lowest BCUT2D eigenvalue weighted by Gasteiger charge is -2.17. The van der Waals surface area contributed by atoms with Gasteiger partial charge in [-0.25, -0.2) is 0 Å². The summed E-state index contributed by atoms with van der Waals surface area (Å²) in [6.07, 6.45) is 2.87. The molecule has 0 aromatic heterocycles. The quantitative estimate of drug-likeness (QED) is 0.564. The number of hydrogen-bond acceptors (Lipinski definition) is 3. The highest BCUT2D eigenvalue weighted by molar-refractivity contribution is 5.82. The lowest BCUT2D eigenvalue weighted by atomic mass is 9.96. The Balaban J connectivity index is 3.51. The number of amides is 2. The van der Waals surface area contributed by atoms with Crippen LogP contribution in [0.3, 0.4) is 0 Å². The summed E-state index contributed by atoms with van der Waals surface area (Å²) in [5.74, 6) is -0.0912. The van der Waals surface area contributed by atoms with Gasteiger partial charge < -0.3 is 15.7 Å². The van der Waals surface area contributed by atoms with Gasteiger partial charge in [0.05, 0.1) is 0 Å². The van der Waals surface area contributed by atoms with Crippen LogP contribution in [-0.4, -0.2) is 36.6 Å². The van der Waals surface area contributed by atoms with Crippen LogP contribution in [0.1, 0.15) is 46.5 Å². The minimum absolute atomic E-state index is 0.0433. The first-order chi connectivity index (χ1) is 8.38. The highest BCUT2D eigenvalue weighted by atomic mass is 16.3. The van der Waals surface area contributed by atoms with E-state index in [0.717, 1.165) is 19.3 Å². The smallest absolute Gasteiger partial charge is 0.225 e. The summed E-state index contributed by atoms with van der Waals surface area (Å²) < 4.78 is 0. The Morgan fingerprint density at radius 2 is 1.67 bits per heavy atom. The molecule has 0 bridgehead atoms. The summed E-state index contributed by atoms with van der Waals surface area (Å²) in [7, 11) is 0. The average Bonchev–Trinajstić information content (AvgIpc) is 2.27. The predicted octanol–water partition coefficient (Wildman–Crippen LogP) is 0.818. The Hall–Kier alpha value is -1.10. The predicted molar refractivity (Wildman–Crippen MR) is 71.0 cm³/mol. The molecule has 0 aliphatic heterocycles. The van der Waals surface area contributed by atoms with Crippen molar-refractivity contribution in [2.45, 2.75) is 46.5 Å². The van der Waals surface area contributed by atoms with E-state index in [1.807, 2.05) is 20.8 Å². The largest absolute Gasteiger partial charge is 0.396 e. The second-order valence-electron chi connectivity index (χ2n) is 5.39. The van der Waals surface area contributed by atoms with E-state index < -0.39 is 5.41 Å². The van der Waals surface area contributed by atoms with Gasteiger partial charge in [-0.3, -0.25) is 9.59 Å². The van der Waals surface area contributed by atoms with Crippen molar-refractivity contribution in [1.82, 2.24) is 10.6 Å². The zero-order chi connectivity index (χ0) is 14.0. The second-order valence-corrected chi connectivity index (χ2v) is 5.39. The van der Waals surface area contributed by atoms with Crippen LogP contribution >= 0.6 is 0 Å². The highest BCUT2D eigenvalue weighted by Gasteiger charge is 2.20. The molecule has 0 fully saturated rings. The molecule has 106 valence electrons. The maximum absolute atomic E-state index is 11.5. The van der Waals surface area contributed by atoms with Gasteiger partial charge in [-0.2, -0.15) is 0 Å². The molecular formula is C13H26N2O3. The molecule has 0 aromatic carbocycles. The fourth-order valence-electron chi connectivity index (χ4n) is 1.28. The summed E-state index contributed by atoms with van der Waals surface area (Å²) in [6, 6.07) is 0. The van der Waals surface area contributed by atoms with Crippen molar-refractivity contribution < 1.29 is 14.7 Å². The van der Waals surface area contributed by atoms with E-state index >= 15 is 0 Å². The molecule has 0 aliphatic carbocycles. The van der Waals surface area contributed by atoms with Crippen molar-refractivity contribution in [3.05, 3.63) is 0 Å². The lowest BCUT2D eigenvalue weighted by molar-refractivity contribution is -0.128. The van der Waals surface area contributed by atoms with E-state index in [1.165, 1.54) is 0 Å². The fraction of sp³-hybridized carbons (Fsp3) is 0.846. The number of unbranched alkanes of at least 4 members (excludes halogenated alkanes) is 2. The number of aliphatic hydroxyl groups is 1. The molecule has 0 heterocycles. The van der Waals surface area contributed by atoms with E-state index in [1.54, 1.807) is 0 Å². The van der Waals surface area contributed by atoms with Gasteiger partial charge in [0, 0.05) is 31.5 Å². The van der Waals surface area contributed by atoms with Crippen LogP contribution in [-0.2, 0) is 9.59 Å². The normalized spacial score (nSPS) is 11.1. The van der Waals surface area contributed by atoms with Gasteiger partial charge in [0.2, 0.25) is 11.8 Å². The van der Waals surface area contributed by atoms with Crippen LogP contribution in [0.2, 0.25) is 0 Å². The Labute approximate surface area is 109 Å². The molecule has 0 radical (unpaired) electrons. The van der Waals surface area contributed by atoms with Crippen LogP contribution in [0, 0.1) is 5.41 Å². The first kappa shape index (κ1) is 16.9. The zero-order valence-electron chi connectivity index (χ0n) is 11.7. The molecule has 5 heteroatoms. The maximum Gasteiger partial charge on any atom is 0.225 e. The van der Waals surface area contributed by atoms with Gasteiger partial charge in [-0.15, -0.1) is 0 Å². The van der Waals surface area contributed by atoms with E-state index in [-0.39, 0.29) is 18.4 Å². The molecule has 0 saturated heterocycles. The Bertz CT molecular complexity index is 259. The topological polar surface area (TPSA) is 78.4 Å². The Morgan fingerprint density at radius 3 is 2.22 bits per heavy atom. The summed E-state index contributed by atoms with van der Waals surface area (Å²) >= 11 is 0. The summed E-state index contributed by atoms with van der Waals surface area (Å²) in [5.41, 5.74) is -0.416. The van der Waals surface area contributed by atoms with Gasteiger partial charge in [0.25, 0.3) is 0 Å². The van der Waals surface area contributed by atoms with Crippen molar-refractivity contribution in [3.63, 3.8) is 0 Å². The van der Waals surface area contributed by atoms with Crippen molar-refractivity contribution in [1.29, 1.82) is 0 Å². The summed E-state index contributed by atoms with van der Waals surface area (Å²) in [5, 5.41) is 14.1. The van der Waals surface area contributed by atoms with E-state index in [9.17, 15) is 9.59 Å². The zero-order valence-corrected chi connectivity index (χ0v) is 11.7. The third-order valence-corrected chi connectivity index (χ3v) is 2.48. The Morgan fingerprint density at radius 1 is 1.00 bits per heavy atom. The molecule has 0 aromatic rings. The summed E-state index contributed by atoms with van der Waals surface area (Å²) in [4.78, 5) is 22.9. The van der Waals surface area contributed by atoms with Gasteiger partial charge in [-0.1, -0.05) is 20.8 Å². The molecule has 3 N–H and O–H groups in total. The minimum atomic E-state index is -0.416. The molecular weight excluding hydrogens is 232 g/mol. The van der Waals surface area contributed by atoms with Gasteiger partial charge >= 0.3 is 0 Å². The third-order valence-electron chi connectivity index (χ3n) is 2.48. The molecule has 5 nitrogen and oxygen atoms in total. The van der Waals surface area contributed by atoms with Crippen molar-refractivity contribution in [2.75, 3.05) is 19.7 Å². The number of carbonyl (C=O) groups excluding carboxylic acids is 2. The number of carbonyl (C=O) groups is 2. The molecule has 0 unspecified atom stereocenters. The number of aliphatic hydroxyl groups excluding tert-OH is 1. The van der Waals surface area contributed by atoms with E-state index in [2.05, 4.69) is 10.6 Å². The molecule has 0 aliphatic rings. The van der Waals surface area contributed by atoms with Gasteiger partial charge in [0.1, 0.15) is 0 Å². The SMILES string of the molecule is CC(C)(C)C(=O)NCCC(=O)NCCCCCO. The lowest BCUT2D eigenvalue weighted by Crippen LogP contribution is -2.37. The average molecular weight is 258 g/mol. The highest BCUT2D eigenvalue weighted by Crippen LogP contribution is 2.11. The number of rotatable bonds is 8. The molecule has 0 saturated carbocycles.